The molecule has 0 amide bonds. The molecule has 0 unspecified atom stereocenters. The van der Waals surface area contributed by atoms with E-state index in [1.54, 1.807) is 0 Å². The summed E-state index contributed by atoms with van der Waals surface area (Å²) in [4.78, 5) is 0. The van der Waals surface area contributed by atoms with E-state index in [2.05, 4.69) is 0 Å². The maximum absolute atomic E-state index is 4.86. The van der Waals surface area contributed by atoms with Crippen molar-refractivity contribution >= 4 is 9.05 Å². The molecule has 7 heteroatoms. The predicted molar refractivity (Wildman–Crippen MR) is 33.8 cm³/mol. The van der Waals surface area contributed by atoms with E-state index in [0.717, 1.165) is 0 Å². The molecule has 0 aliphatic heterocycles. The topological polar surface area (TPSA) is 36.9 Å². The average Bonchev–Trinajstić information content (AvgIpc) is 1.95. The summed E-state index contributed by atoms with van der Waals surface area (Å²) >= 11 is 0. The molecule has 0 heterocycles. The Kier molecular flexibility index (Phi) is 14.8. The van der Waals surface area contributed by atoms with E-state index < -0.39 is 9.05 Å². The zero-order valence-electron chi connectivity index (χ0n) is 7.51. The van der Waals surface area contributed by atoms with Crippen LogP contribution < -0.4 is 34.3 Å². The maximum Gasteiger partial charge on any atom is 1.00 e. The average molecular weight is 194 g/mol. The van der Waals surface area contributed by atoms with Crippen LogP contribution in [0.3, 0.4) is 0 Å². The third-order valence-corrected chi connectivity index (χ3v) is 3.00. The van der Waals surface area contributed by atoms with Crippen LogP contribution >= 0.6 is 0 Å². The third kappa shape index (κ3) is 5.26. The first-order valence-corrected chi connectivity index (χ1v) is 4.08. The molecule has 0 saturated carbocycles. The summed E-state index contributed by atoms with van der Waals surface area (Å²) in [6, 6.07) is 0. The first kappa shape index (κ1) is 17.9. The van der Waals surface area contributed by atoms with E-state index in [1.807, 2.05) is 0 Å². The standard InChI is InChI=1S/C4H12O4Si.FH.Na/c1-5-9(6-2,7-3)8-4;;/h1-4H3;1H;/q;;+1/p-1. The van der Waals surface area contributed by atoms with Gasteiger partial charge in [0.2, 0.25) is 0 Å². The molecule has 0 aromatic rings. The molecule has 0 aromatic heterocycles. The first-order chi connectivity index (χ1) is 4.24. The molecule has 64 valence electrons. The summed E-state index contributed by atoms with van der Waals surface area (Å²) in [5, 5.41) is 0. The van der Waals surface area contributed by atoms with Crippen molar-refractivity contribution in [2.45, 2.75) is 0 Å². The minimum absolute atomic E-state index is 0. The van der Waals surface area contributed by atoms with Crippen molar-refractivity contribution < 1.29 is 52.0 Å². The molecule has 0 rings (SSSR count). The molecule has 4 nitrogen and oxygen atoms in total. The summed E-state index contributed by atoms with van der Waals surface area (Å²) < 4.78 is 19.4. The van der Waals surface area contributed by atoms with Crippen molar-refractivity contribution in [1.82, 2.24) is 0 Å². The summed E-state index contributed by atoms with van der Waals surface area (Å²) in [5.74, 6) is 0. The van der Waals surface area contributed by atoms with Crippen LogP contribution in [0.2, 0.25) is 0 Å². The van der Waals surface area contributed by atoms with Crippen molar-refractivity contribution in [1.29, 1.82) is 0 Å². The van der Waals surface area contributed by atoms with Gasteiger partial charge in [-0.3, -0.25) is 0 Å². The van der Waals surface area contributed by atoms with Gasteiger partial charge in [0.25, 0.3) is 0 Å². The zero-order chi connectivity index (χ0) is 7.33. The minimum Gasteiger partial charge on any atom is -1.00 e. The normalized spacial score (nSPS) is 9.82. The van der Waals surface area contributed by atoms with Crippen LogP contribution in [0.1, 0.15) is 0 Å². The first-order valence-electron chi connectivity index (χ1n) is 2.45. The molecule has 0 atom stereocenters. The van der Waals surface area contributed by atoms with E-state index >= 15 is 0 Å². The summed E-state index contributed by atoms with van der Waals surface area (Å²) in [6.07, 6.45) is 0. The van der Waals surface area contributed by atoms with Crippen LogP contribution in [0.4, 0.5) is 0 Å². The largest absolute Gasteiger partial charge is 1.00 e. The molecule has 0 radical (unpaired) electrons. The Bertz CT molecular complexity index is 65.0. The van der Waals surface area contributed by atoms with Crippen LogP contribution in [0, 0.1) is 0 Å². The van der Waals surface area contributed by atoms with Gasteiger partial charge in [-0.25, -0.2) is 0 Å². The number of hydrogen-bond acceptors (Lipinski definition) is 4. The van der Waals surface area contributed by atoms with Gasteiger partial charge in [0.15, 0.2) is 0 Å². The van der Waals surface area contributed by atoms with Gasteiger partial charge < -0.3 is 22.4 Å². The van der Waals surface area contributed by atoms with E-state index in [1.165, 1.54) is 28.4 Å². The Hall–Kier alpha value is 0.987. The molecule has 0 saturated heterocycles. The van der Waals surface area contributed by atoms with Crippen LogP contribution in [-0.2, 0) is 17.7 Å². The van der Waals surface area contributed by atoms with Crippen molar-refractivity contribution in [2.24, 2.45) is 0 Å². The van der Waals surface area contributed by atoms with E-state index in [9.17, 15) is 0 Å². The maximum atomic E-state index is 4.86. The molecule has 0 aliphatic carbocycles. The second-order valence-electron chi connectivity index (χ2n) is 1.32. The van der Waals surface area contributed by atoms with E-state index in [-0.39, 0.29) is 34.3 Å². The fourth-order valence-corrected chi connectivity index (χ4v) is 1.50. The third-order valence-electron chi connectivity index (χ3n) is 1.00. The fourth-order valence-electron chi connectivity index (χ4n) is 0.500. The Morgan fingerprint density at radius 1 is 0.727 bits per heavy atom. The second-order valence-corrected chi connectivity index (χ2v) is 3.95. The van der Waals surface area contributed by atoms with E-state index in [0.29, 0.717) is 0 Å². The van der Waals surface area contributed by atoms with Crippen molar-refractivity contribution in [3.05, 3.63) is 0 Å². The quantitative estimate of drug-likeness (QED) is 0.418. The monoisotopic (exact) mass is 194 g/mol. The molecule has 0 bridgehead atoms. The molecule has 11 heavy (non-hydrogen) atoms. The van der Waals surface area contributed by atoms with Gasteiger partial charge in [0.1, 0.15) is 0 Å². The van der Waals surface area contributed by atoms with Crippen molar-refractivity contribution in [3.8, 4) is 0 Å². The van der Waals surface area contributed by atoms with Crippen LogP contribution in [0.15, 0.2) is 0 Å². The van der Waals surface area contributed by atoms with Crippen LogP contribution in [-0.4, -0.2) is 37.5 Å². The Labute approximate surface area is 89.3 Å². The van der Waals surface area contributed by atoms with Crippen molar-refractivity contribution in [3.63, 3.8) is 0 Å². The number of halogens is 1. The second kappa shape index (κ2) is 9.08. The van der Waals surface area contributed by atoms with Gasteiger partial charge in [0, 0.05) is 28.4 Å². The SMILES string of the molecule is CO[Si](OC)(OC)OC.[F-].[Na+]. The molecule has 0 N–H and O–H groups in total. The van der Waals surface area contributed by atoms with Crippen LogP contribution in [0.25, 0.3) is 0 Å². The molecule has 0 aromatic carbocycles. The molecule has 0 fully saturated rings. The summed E-state index contributed by atoms with van der Waals surface area (Å²) in [5.41, 5.74) is 0. The molecular weight excluding hydrogens is 182 g/mol. The molecular formula is C4H12FNaO4Si. The van der Waals surface area contributed by atoms with Gasteiger partial charge in [-0.15, -0.1) is 0 Å². The van der Waals surface area contributed by atoms with Gasteiger partial charge in [0.05, 0.1) is 0 Å². The summed E-state index contributed by atoms with van der Waals surface area (Å²) in [6.45, 7) is 0. The van der Waals surface area contributed by atoms with Crippen LogP contribution in [0.5, 0.6) is 0 Å². The van der Waals surface area contributed by atoms with Gasteiger partial charge in [-0.05, 0) is 0 Å². The fraction of sp³-hybridized carbons (Fsp3) is 1.00. The van der Waals surface area contributed by atoms with Crippen molar-refractivity contribution in [2.75, 3.05) is 28.4 Å². The molecule has 0 aliphatic rings. The number of hydrogen-bond donors (Lipinski definition) is 0. The Morgan fingerprint density at radius 2 is 0.909 bits per heavy atom. The predicted octanol–water partition coefficient (Wildman–Crippen LogP) is -5.98. The molecule has 0 spiro atoms. The van der Waals surface area contributed by atoms with Gasteiger partial charge >= 0.3 is 38.6 Å². The Balaban J connectivity index is -0.000000320. The van der Waals surface area contributed by atoms with E-state index in [4.69, 9.17) is 17.7 Å². The summed E-state index contributed by atoms with van der Waals surface area (Å²) in [7, 11) is 3.26. The Morgan fingerprint density at radius 3 is 0.909 bits per heavy atom. The van der Waals surface area contributed by atoms with Gasteiger partial charge in [-0.2, -0.15) is 0 Å². The number of rotatable bonds is 4. The minimum atomic E-state index is -2.69. The zero-order valence-corrected chi connectivity index (χ0v) is 10.5. The smallest absolute Gasteiger partial charge is 1.00 e. The van der Waals surface area contributed by atoms with Gasteiger partial charge in [-0.1, -0.05) is 0 Å².